The smallest absolute Gasteiger partial charge is 0.263 e. The van der Waals surface area contributed by atoms with E-state index in [9.17, 15) is 18.0 Å². The molecule has 8 heteroatoms. The fraction of sp³-hybridized carbons (Fsp3) is 0.188. The molecule has 1 aromatic carbocycles. The van der Waals surface area contributed by atoms with E-state index in [-0.39, 0.29) is 35.4 Å². The van der Waals surface area contributed by atoms with Crippen molar-refractivity contribution in [3.8, 4) is 0 Å². The summed E-state index contributed by atoms with van der Waals surface area (Å²) in [7, 11) is -3.80. The van der Waals surface area contributed by atoms with Crippen LogP contribution in [0.3, 0.4) is 0 Å². The number of benzene rings is 1. The number of nitrogens with zero attached hydrogens (tertiary/aromatic N) is 2. The predicted octanol–water partition coefficient (Wildman–Crippen LogP) is 1.84. The normalized spacial score (nSPS) is 15.0. The third-order valence-electron chi connectivity index (χ3n) is 3.70. The quantitative estimate of drug-likeness (QED) is 0.853. The van der Waals surface area contributed by atoms with Crippen LogP contribution in [0.2, 0.25) is 0 Å². The standard InChI is InChI=1S/C16H15N3O4S/c1-11-3-2-10-17-16(11)18-24(22,23)13-6-4-12(5-7-13)19-14(20)8-9-15(19)21/h2-7,10H,8-9H2,1H3,(H,17,18). The third-order valence-corrected chi connectivity index (χ3v) is 5.05. The molecule has 2 aromatic rings. The van der Waals surface area contributed by atoms with Gasteiger partial charge in [-0.1, -0.05) is 6.07 Å². The van der Waals surface area contributed by atoms with Gasteiger partial charge in [0.2, 0.25) is 11.8 Å². The van der Waals surface area contributed by atoms with Gasteiger partial charge in [-0.3, -0.25) is 19.2 Å². The van der Waals surface area contributed by atoms with Crippen LogP contribution >= 0.6 is 0 Å². The van der Waals surface area contributed by atoms with Crippen molar-refractivity contribution < 1.29 is 18.0 Å². The Balaban J connectivity index is 1.86. The maximum atomic E-state index is 12.4. The Kier molecular flexibility index (Phi) is 4.06. The van der Waals surface area contributed by atoms with Gasteiger partial charge in [0.05, 0.1) is 10.6 Å². The Morgan fingerprint density at radius 1 is 1.04 bits per heavy atom. The van der Waals surface area contributed by atoms with Crippen LogP contribution in [0.15, 0.2) is 47.5 Å². The summed E-state index contributed by atoms with van der Waals surface area (Å²) in [6.45, 7) is 1.75. The van der Waals surface area contributed by atoms with E-state index in [4.69, 9.17) is 0 Å². The average Bonchev–Trinajstić information content (AvgIpc) is 2.88. The molecule has 2 amide bonds. The number of pyridine rings is 1. The molecule has 1 aliphatic rings. The molecule has 0 aliphatic carbocycles. The van der Waals surface area contributed by atoms with E-state index in [0.717, 1.165) is 4.90 Å². The molecule has 0 radical (unpaired) electrons. The fourth-order valence-corrected chi connectivity index (χ4v) is 3.50. The van der Waals surface area contributed by atoms with E-state index >= 15 is 0 Å². The number of amides is 2. The second-order valence-corrected chi connectivity index (χ2v) is 7.07. The molecule has 0 bridgehead atoms. The topological polar surface area (TPSA) is 96.4 Å². The first-order chi connectivity index (χ1) is 11.4. The van der Waals surface area contributed by atoms with Crippen molar-refractivity contribution in [1.29, 1.82) is 0 Å². The van der Waals surface area contributed by atoms with Gasteiger partial charge in [-0.2, -0.15) is 0 Å². The first-order valence-electron chi connectivity index (χ1n) is 7.29. The molecule has 1 aliphatic heterocycles. The van der Waals surface area contributed by atoms with E-state index in [1.807, 2.05) is 0 Å². The summed E-state index contributed by atoms with van der Waals surface area (Å²) in [4.78, 5) is 28.5. The van der Waals surface area contributed by atoms with Gasteiger partial charge >= 0.3 is 0 Å². The number of carbonyl (C=O) groups excluding carboxylic acids is 2. The summed E-state index contributed by atoms with van der Waals surface area (Å²) in [5, 5.41) is 0. The molecule has 0 spiro atoms. The van der Waals surface area contributed by atoms with Crippen LogP contribution in [0.4, 0.5) is 11.5 Å². The Labute approximate surface area is 139 Å². The summed E-state index contributed by atoms with van der Waals surface area (Å²) >= 11 is 0. The maximum Gasteiger partial charge on any atom is 0.263 e. The van der Waals surface area contributed by atoms with Crippen LogP contribution in [-0.2, 0) is 19.6 Å². The first kappa shape index (κ1) is 16.1. The molecule has 0 unspecified atom stereocenters. The van der Waals surface area contributed by atoms with E-state index in [2.05, 4.69) is 9.71 Å². The molecule has 1 N–H and O–H groups in total. The van der Waals surface area contributed by atoms with Gasteiger partial charge < -0.3 is 0 Å². The lowest BCUT2D eigenvalue weighted by atomic mass is 10.3. The molecule has 1 saturated heterocycles. The first-order valence-corrected chi connectivity index (χ1v) is 8.77. The van der Waals surface area contributed by atoms with Crippen LogP contribution in [0.25, 0.3) is 0 Å². The molecule has 1 aromatic heterocycles. The monoisotopic (exact) mass is 345 g/mol. The largest absolute Gasteiger partial charge is 0.274 e. The highest BCUT2D eigenvalue weighted by atomic mass is 32.2. The lowest BCUT2D eigenvalue weighted by Crippen LogP contribution is -2.28. The minimum absolute atomic E-state index is 0.0235. The van der Waals surface area contributed by atoms with Crippen molar-refractivity contribution in [2.24, 2.45) is 0 Å². The zero-order valence-electron chi connectivity index (χ0n) is 12.9. The highest BCUT2D eigenvalue weighted by Gasteiger charge is 2.30. The number of hydrogen-bond donors (Lipinski definition) is 1. The number of nitrogens with one attached hydrogen (secondary N) is 1. The lowest BCUT2D eigenvalue weighted by molar-refractivity contribution is -0.121. The van der Waals surface area contributed by atoms with Crippen molar-refractivity contribution in [2.75, 3.05) is 9.62 Å². The number of sulfonamides is 1. The highest BCUT2D eigenvalue weighted by Crippen LogP contribution is 2.25. The van der Waals surface area contributed by atoms with E-state index in [0.29, 0.717) is 11.3 Å². The number of hydrogen-bond acceptors (Lipinski definition) is 5. The maximum absolute atomic E-state index is 12.4. The Bertz CT molecular complexity index is 891. The summed E-state index contributed by atoms with van der Waals surface area (Å²) in [6.07, 6.45) is 1.86. The lowest BCUT2D eigenvalue weighted by Gasteiger charge is -2.14. The van der Waals surface area contributed by atoms with Crippen molar-refractivity contribution in [2.45, 2.75) is 24.7 Å². The van der Waals surface area contributed by atoms with Gasteiger partial charge in [-0.25, -0.2) is 13.4 Å². The molecule has 1 fully saturated rings. The fourth-order valence-electron chi connectivity index (χ4n) is 2.42. The minimum Gasteiger partial charge on any atom is -0.274 e. The summed E-state index contributed by atoms with van der Waals surface area (Å²) in [6, 6.07) is 9.07. The van der Waals surface area contributed by atoms with Crippen molar-refractivity contribution in [3.63, 3.8) is 0 Å². The summed E-state index contributed by atoms with van der Waals surface area (Å²) in [5.74, 6) is -0.304. The number of anilines is 2. The molecule has 124 valence electrons. The number of rotatable bonds is 4. The highest BCUT2D eigenvalue weighted by molar-refractivity contribution is 7.92. The van der Waals surface area contributed by atoms with E-state index in [1.54, 1.807) is 19.1 Å². The summed E-state index contributed by atoms with van der Waals surface area (Å²) in [5.41, 5.74) is 1.07. The molecular weight excluding hydrogens is 330 g/mol. The molecule has 2 heterocycles. The number of aryl methyl sites for hydroxylation is 1. The predicted molar refractivity (Wildman–Crippen MR) is 88.0 cm³/mol. The summed E-state index contributed by atoms with van der Waals surface area (Å²) < 4.78 is 27.3. The second-order valence-electron chi connectivity index (χ2n) is 5.39. The molecule has 0 atom stereocenters. The second kappa shape index (κ2) is 6.04. The SMILES string of the molecule is Cc1cccnc1NS(=O)(=O)c1ccc(N2C(=O)CCC2=O)cc1. The van der Waals surface area contributed by atoms with Gasteiger partial charge in [0.1, 0.15) is 5.82 Å². The van der Waals surface area contributed by atoms with E-state index < -0.39 is 10.0 Å². The van der Waals surface area contributed by atoms with Crippen LogP contribution in [0.1, 0.15) is 18.4 Å². The van der Waals surface area contributed by atoms with Crippen LogP contribution in [-0.4, -0.2) is 25.2 Å². The van der Waals surface area contributed by atoms with Gasteiger partial charge in [0, 0.05) is 19.0 Å². The van der Waals surface area contributed by atoms with Gasteiger partial charge in [0.25, 0.3) is 10.0 Å². The Morgan fingerprint density at radius 2 is 1.67 bits per heavy atom. The third kappa shape index (κ3) is 3.00. The van der Waals surface area contributed by atoms with E-state index in [1.165, 1.54) is 30.5 Å². The molecular formula is C16H15N3O4S. The van der Waals surface area contributed by atoms with Crippen LogP contribution in [0, 0.1) is 6.92 Å². The van der Waals surface area contributed by atoms with Crippen molar-refractivity contribution >= 4 is 33.3 Å². The van der Waals surface area contributed by atoms with Gasteiger partial charge in [-0.05, 0) is 42.8 Å². The average molecular weight is 345 g/mol. The zero-order chi connectivity index (χ0) is 17.3. The molecule has 24 heavy (non-hydrogen) atoms. The van der Waals surface area contributed by atoms with Crippen LogP contribution < -0.4 is 9.62 Å². The number of imide groups is 1. The van der Waals surface area contributed by atoms with Crippen LogP contribution in [0.5, 0.6) is 0 Å². The molecule has 3 rings (SSSR count). The van der Waals surface area contributed by atoms with Gasteiger partial charge in [-0.15, -0.1) is 0 Å². The molecule has 7 nitrogen and oxygen atoms in total. The van der Waals surface area contributed by atoms with Crippen molar-refractivity contribution in [3.05, 3.63) is 48.2 Å². The Hall–Kier alpha value is -2.74. The zero-order valence-corrected chi connectivity index (χ0v) is 13.7. The number of aromatic nitrogens is 1. The van der Waals surface area contributed by atoms with Gasteiger partial charge in [0.15, 0.2) is 0 Å². The number of carbonyl (C=O) groups is 2. The van der Waals surface area contributed by atoms with Crippen molar-refractivity contribution in [1.82, 2.24) is 4.98 Å². The Morgan fingerprint density at radius 3 is 2.25 bits per heavy atom. The minimum atomic E-state index is -3.80. The molecule has 0 saturated carbocycles.